The van der Waals surface area contributed by atoms with E-state index in [-0.39, 0.29) is 17.4 Å². The molecular weight excluding hydrogens is 228 g/mol. The standard InChI is InChI=1S/C14H26N2O2/c1-4-18-11-9-10(14(11)7-5-6-8-14)16-12(17)13(2,3)15/h10-11H,4-9,15H2,1-3H3,(H,16,17). The highest BCUT2D eigenvalue weighted by atomic mass is 16.5. The predicted octanol–water partition coefficient (Wildman–Crippen LogP) is 1.58. The van der Waals surface area contributed by atoms with Crippen LogP contribution in [0.4, 0.5) is 0 Å². The fourth-order valence-corrected chi connectivity index (χ4v) is 3.43. The summed E-state index contributed by atoms with van der Waals surface area (Å²) in [5, 5.41) is 3.13. The maximum atomic E-state index is 12.0. The fourth-order valence-electron chi connectivity index (χ4n) is 3.43. The Morgan fingerprint density at radius 1 is 1.44 bits per heavy atom. The molecule has 3 N–H and O–H groups in total. The number of ether oxygens (including phenoxy) is 1. The molecule has 18 heavy (non-hydrogen) atoms. The summed E-state index contributed by atoms with van der Waals surface area (Å²) >= 11 is 0. The highest BCUT2D eigenvalue weighted by Gasteiger charge is 2.57. The van der Waals surface area contributed by atoms with Gasteiger partial charge in [-0.15, -0.1) is 0 Å². The summed E-state index contributed by atoms with van der Waals surface area (Å²) in [6.07, 6.45) is 6.12. The Balaban J connectivity index is 2.00. The van der Waals surface area contributed by atoms with Crippen LogP contribution < -0.4 is 11.1 Å². The highest BCUT2D eigenvalue weighted by Crippen LogP contribution is 2.54. The summed E-state index contributed by atoms with van der Waals surface area (Å²) in [5.41, 5.74) is 5.24. The Labute approximate surface area is 110 Å². The lowest BCUT2D eigenvalue weighted by Gasteiger charge is -2.54. The van der Waals surface area contributed by atoms with Crippen LogP contribution in [-0.2, 0) is 9.53 Å². The SMILES string of the molecule is CCOC1CC(NC(=O)C(C)(C)N)C12CCCC2. The summed E-state index contributed by atoms with van der Waals surface area (Å²) in [5.74, 6) is -0.0475. The second kappa shape index (κ2) is 4.82. The van der Waals surface area contributed by atoms with Crippen molar-refractivity contribution in [3.8, 4) is 0 Å². The number of rotatable bonds is 4. The van der Waals surface area contributed by atoms with E-state index in [1.807, 2.05) is 6.92 Å². The van der Waals surface area contributed by atoms with Gasteiger partial charge >= 0.3 is 0 Å². The molecule has 0 radical (unpaired) electrons. The lowest BCUT2D eigenvalue weighted by Crippen LogP contribution is -2.66. The van der Waals surface area contributed by atoms with Crippen molar-refractivity contribution in [1.29, 1.82) is 0 Å². The zero-order valence-corrected chi connectivity index (χ0v) is 11.8. The molecule has 4 heteroatoms. The molecule has 2 rings (SSSR count). The molecule has 4 nitrogen and oxygen atoms in total. The average Bonchev–Trinajstić information content (AvgIpc) is 2.78. The fraction of sp³-hybridized carbons (Fsp3) is 0.929. The molecule has 0 heterocycles. The van der Waals surface area contributed by atoms with E-state index < -0.39 is 5.54 Å². The molecule has 0 saturated heterocycles. The third kappa shape index (κ3) is 2.28. The van der Waals surface area contributed by atoms with E-state index in [4.69, 9.17) is 10.5 Å². The molecular formula is C14H26N2O2. The molecule has 0 aromatic rings. The number of amides is 1. The first kappa shape index (κ1) is 13.8. The van der Waals surface area contributed by atoms with Gasteiger partial charge in [-0.3, -0.25) is 4.79 Å². The van der Waals surface area contributed by atoms with E-state index in [1.165, 1.54) is 25.7 Å². The van der Waals surface area contributed by atoms with Crippen molar-refractivity contribution >= 4 is 5.91 Å². The molecule has 0 aromatic carbocycles. The summed E-state index contributed by atoms with van der Waals surface area (Å²) in [6, 6.07) is 0.256. The lowest BCUT2D eigenvalue weighted by atomic mass is 9.60. The Kier molecular flexibility index (Phi) is 3.70. The smallest absolute Gasteiger partial charge is 0.239 e. The molecule has 2 unspecified atom stereocenters. The van der Waals surface area contributed by atoms with Crippen molar-refractivity contribution in [1.82, 2.24) is 5.32 Å². The summed E-state index contributed by atoms with van der Waals surface area (Å²) in [6.45, 7) is 6.30. The first-order chi connectivity index (χ1) is 8.40. The molecule has 1 spiro atoms. The van der Waals surface area contributed by atoms with E-state index in [1.54, 1.807) is 13.8 Å². The quantitative estimate of drug-likeness (QED) is 0.800. The Morgan fingerprint density at radius 3 is 2.56 bits per heavy atom. The van der Waals surface area contributed by atoms with E-state index >= 15 is 0 Å². The van der Waals surface area contributed by atoms with Crippen molar-refractivity contribution in [2.24, 2.45) is 11.1 Å². The maximum absolute atomic E-state index is 12.0. The van der Waals surface area contributed by atoms with Gasteiger partial charge in [0.1, 0.15) is 0 Å². The molecule has 2 atom stereocenters. The number of carbonyl (C=O) groups excluding carboxylic acids is 1. The third-order valence-electron chi connectivity index (χ3n) is 4.58. The monoisotopic (exact) mass is 254 g/mol. The van der Waals surface area contributed by atoms with Crippen molar-refractivity contribution in [3.05, 3.63) is 0 Å². The first-order valence-corrected chi connectivity index (χ1v) is 7.11. The van der Waals surface area contributed by atoms with Gasteiger partial charge in [0.05, 0.1) is 11.6 Å². The average molecular weight is 254 g/mol. The number of hydrogen-bond donors (Lipinski definition) is 2. The third-order valence-corrected chi connectivity index (χ3v) is 4.58. The summed E-state index contributed by atoms with van der Waals surface area (Å²) < 4.78 is 5.83. The van der Waals surface area contributed by atoms with Gasteiger partial charge in [-0.05, 0) is 40.0 Å². The second-order valence-electron chi connectivity index (χ2n) is 6.37. The van der Waals surface area contributed by atoms with Crippen LogP contribution in [0, 0.1) is 5.41 Å². The molecule has 104 valence electrons. The number of carbonyl (C=O) groups is 1. The molecule has 2 fully saturated rings. The van der Waals surface area contributed by atoms with Crippen molar-refractivity contribution in [2.45, 2.75) is 70.6 Å². The van der Waals surface area contributed by atoms with Crippen LogP contribution in [0.1, 0.15) is 52.9 Å². The lowest BCUT2D eigenvalue weighted by molar-refractivity contribution is -0.146. The molecule has 1 amide bonds. The van der Waals surface area contributed by atoms with Crippen LogP contribution in [0.15, 0.2) is 0 Å². The van der Waals surface area contributed by atoms with E-state index in [0.29, 0.717) is 6.10 Å². The van der Waals surface area contributed by atoms with Crippen LogP contribution in [0.5, 0.6) is 0 Å². The Bertz CT molecular complexity index is 316. The molecule has 2 aliphatic carbocycles. The van der Waals surface area contributed by atoms with E-state index in [9.17, 15) is 4.79 Å². The van der Waals surface area contributed by atoms with Gasteiger partial charge in [0, 0.05) is 18.1 Å². The van der Waals surface area contributed by atoms with Gasteiger partial charge in [0.15, 0.2) is 0 Å². The minimum Gasteiger partial charge on any atom is -0.378 e. The normalized spacial score (nSPS) is 30.2. The highest BCUT2D eigenvalue weighted by molar-refractivity contribution is 5.85. The predicted molar refractivity (Wildman–Crippen MR) is 71.1 cm³/mol. The number of hydrogen-bond acceptors (Lipinski definition) is 3. The minimum absolute atomic E-state index is 0.0475. The van der Waals surface area contributed by atoms with Crippen LogP contribution in [0.3, 0.4) is 0 Å². The molecule has 0 aliphatic heterocycles. The van der Waals surface area contributed by atoms with E-state index in [2.05, 4.69) is 5.32 Å². The van der Waals surface area contributed by atoms with Gasteiger partial charge in [-0.2, -0.15) is 0 Å². The topological polar surface area (TPSA) is 64.3 Å². The van der Waals surface area contributed by atoms with Crippen LogP contribution in [-0.4, -0.2) is 30.2 Å². The molecule has 2 aliphatic rings. The number of nitrogens with two attached hydrogens (primary N) is 1. The Hall–Kier alpha value is -0.610. The van der Waals surface area contributed by atoms with Gasteiger partial charge in [0.2, 0.25) is 5.91 Å². The largest absolute Gasteiger partial charge is 0.378 e. The van der Waals surface area contributed by atoms with E-state index in [0.717, 1.165) is 13.0 Å². The number of nitrogens with one attached hydrogen (secondary N) is 1. The van der Waals surface area contributed by atoms with Crippen molar-refractivity contribution < 1.29 is 9.53 Å². The van der Waals surface area contributed by atoms with Gasteiger partial charge in [-0.1, -0.05) is 12.8 Å². The maximum Gasteiger partial charge on any atom is 0.239 e. The van der Waals surface area contributed by atoms with Crippen molar-refractivity contribution in [2.75, 3.05) is 6.61 Å². The minimum atomic E-state index is -0.795. The van der Waals surface area contributed by atoms with Crippen molar-refractivity contribution in [3.63, 3.8) is 0 Å². The van der Waals surface area contributed by atoms with Gasteiger partial charge in [0.25, 0.3) is 0 Å². The summed E-state index contributed by atoms with van der Waals surface area (Å²) in [7, 11) is 0. The first-order valence-electron chi connectivity index (χ1n) is 7.11. The zero-order chi connectivity index (χ0) is 13.4. The van der Waals surface area contributed by atoms with Gasteiger partial charge in [-0.25, -0.2) is 0 Å². The zero-order valence-electron chi connectivity index (χ0n) is 11.8. The molecule has 2 saturated carbocycles. The molecule has 0 aromatic heterocycles. The van der Waals surface area contributed by atoms with Crippen LogP contribution in [0.2, 0.25) is 0 Å². The molecule has 0 bridgehead atoms. The van der Waals surface area contributed by atoms with Crippen LogP contribution in [0.25, 0.3) is 0 Å². The Morgan fingerprint density at radius 2 is 2.06 bits per heavy atom. The van der Waals surface area contributed by atoms with Crippen LogP contribution >= 0.6 is 0 Å². The second-order valence-corrected chi connectivity index (χ2v) is 6.37. The summed E-state index contributed by atoms with van der Waals surface area (Å²) in [4.78, 5) is 12.0. The van der Waals surface area contributed by atoms with Gasteiger partial charge < -0.3 is 15.8 Å².